The van der Waals surface area contributed by atoms with Crippen LogP contribution >= 0.6 is 0 Å². The van der Waals surface area contributed by atoms with E-state index in [0.717, 1.165) is 6.54 Å². The minimum absolute atomic E-state index is 0.0508. The third kappa shape index (κ3) is 8.12. The number of nitrogens with one attached hydrogen (secondary N) is 1. The summed E-state index contributed by atoms with van der Waals surface area (Å²) in [6, 6.07) is -0.288. The lowest BCUT2D eigenvalue weighted by atomic mass is 10.2. The molecular weight excluding hydrogens is 222 g/mol. The molecule has 17 heavy (non-hydrogen) atoms. The van der Waals surface area contributed by atoms with E-state index in [0.29, 0.717) is 26.2 Å². The third-order valence-corrected chi connectivity index (χ3v) is 2.30. The summed E-state index contributed by atoms with van der Waals surface area (Å²) in [5.41, 5.74) is 0. The summed E-state index contributed by atoms with van der Waals surface area (Å²) >= 11 is 0. The van der Waals surface area contributed by atoms with Crippen molar-refractivity contribution in [3.05, 3.63) is 0 Å². The molecule has 2 unspecified atom stereocenters. The normalized spacial score (nSPS) is 14.4. The summed E-state index contributed by atoms with van der Waals surface area (Å²) in [6.45, 7) is 8.38. The van der Waals surface area contributed by atoms with Gasteiger partial charge in [0.2, 0.25) is 0 Å². The molecule has 0 heterocycles. The van der Waals surface area contributed by atoms with Crippen molar-refractivity contribution < 1.29 is 19.0 Å². The van der Waals surface area contributed by atoms with Gasteiger partial charge in [-0.25, -0.2) is 0 Å². The van der Waals surface area contributed by atoms with Gasteiger partial charge in [0.25, 0.3) is 0 Å². The lowest BCUT2D eigenvalue weighted by molar-refractivity contribution is -0.143. The molecule has 0 bridgehead atoms. The first kappa shape index (κ1) is 16.4. The Hall–Kier alpha value is -0.650. The standard InChI is InChI=1S/C12H25NO4/c1-5-13-11(12(14)15-4)7-8-17-10(3)9-16-6-2/h10-11,13H,5-9H2,1-4H3. The number of hydrogen-bond acceptors (Lipinski definition) is 5. The number of hydrogen-bond donors (Lipinski definition) is 1. The molecule has 102 valence electrons. The van der Waals surface area contributed by atoms with Gasteiger partial charge in [-0.1, -0.05) is 6.92 Å². The molecule has 0 fully saturated rings. The Morgan fingerprint density at radius 1 is 1.35 bits per heavy atom. The predicted octanol–water partition coefficient (Wildman–Crippen LogP) is 0.969. The molecule has 0 rings (SSSR count). The minimum atomic E-state index is -0.288. The monoisotopic (exact) mass is 247 g/mol. The molecule has 5 heteroatoms. The van der Waals surface area contributed by atoms with Crippen LogP contribution in [0.3, 0.4) is 0 Å². The quantitative estimate of drug-likeness (QED) is 0.583. The number of esters is 1. The highest BCUT2D eigenvalue weighted by atomic mass is 16.5. The van der Waals surface area contributed by atoms with Gasteiger partial charge >= 0.3 is 5.97 Å². The van der Waals surface area contributed by atoms with Crippen LogP contribution in [0.1, 0.15) is 27.2 Å². The zero-order chi connectivity index (χ0) is 13.1. The Bertz CT molecular complexity index is 199. The Morgan fingerprint density at radius 2 is 2.06 bits per heavy atom. The second-order valence-electron chi connectivity index (χ2n) is 3.76. The summed E-state index contributed by atoms with van der Waals surface area (Å²) in [4.78, 5) is 11.4. The van der Waals surface area contributed by atoms with E-state index in [9.17, 15) is 4.79 Å². The number of methoxy groups -OCH3 is 1. The van der Waals surface area contributed by atoms with Crippen LogP contribution < -0.4 is 5.32 Å². The van der Waals surface area contributed by atoms with E-state index >= 15 is 0 Å². The molecule has 5 nitrogen and oxygen atoms in total. The van der Waals surface area contributed by atoms with Crippen LogP contribution in [0.5, 0.6) is 0 Å². The summed E-state index contributed by atoms with van der Waals surface area (Å²) in [7, 11) is 1.39. The van der Waals surface area contributed by atoms with Gasteiger partial charge in [0.05, 0.1) is 19.8 Å². The van der Waals surface area contributed by atoms with Gasteiger partial charge in [0.1, 0.15) is 6.04 Å². The molecule has 0 aliphatic rings. The second kappa shape index (κ2) is 10.5. The molecule has 0 radical (unpaired) electrons. The molecule has 0 aliphatic heterocycles. The molecule has 2 atom stereocenters. The van der Waals surface area contributed by atoms with E-state index in [4.69, 9.17) is 14.2 Å². The van der Waals surface area contributed by atoms with Crippen molar-refractivity contribution in [3.8, 4) is 0 Å². The van der Waals surface area contributed by atoms with Crippen molar-refractivity contribution in [1.29, 1.82) is 0 Å². The lowest BCUT2D eigenvalue weighted by Crippen LogP contribution is -2.38. The van der Waals surface area contributed by atoms with E-state index in [-0.39, 0.29) is 18.1 Å². The van der Waals surface area contributed by atoms with Crippen LogP contribution in [0, 0.1) is 0 Å². The van der Waals surface area contributed by atoms with Gasteiger partial charge in [-0.15, -0.1) is 0 Å². The topological polar surface area (TPSA) is 56.8 Å². The number of carbonyl (C=O) groups excluding carboxylic acids is 1. The maximum absolute atomic E-state index is 11.4. The van der Waals surface area contributed by atoms with Crippen LogP contribution in [0.2, 0.25) is 0 Å². The number of ether oxygens (including phenoxy) is 3. The van der Waals surface area contributed by atoms with Gasteiger partial charge in [0.15, 0.2) is 0 Å². The predicted molar refractivity (Wildman–Crippen MR) is 66.0 cm³/mol. The summed E-state index contributed by atoms with van der Waals surface area (Å²) < 4.78 is 15.5. The molecule has 0 aromatic carbocycles. The first-order valence-electron chi connectivity index (χ1n) is 6.16. The SMILES string of the molecule is CCNC(CCOC(C)COCC)C(=O)OC. The zero-order valence-corrected chi connectivity index (χ0v) is 11.3. The van der Waals surface area contributed by atoms with Crippen molar-refractivity contribution >= 4 is 5.97 Å². The Labute approximate surface area is 104 Å². The fourth-order valence-corrected chi connectivity index (χ4v) is 1.41. The maximum atomic E-state index is 11.4. The third-order valence-electron chi connectivity index (χ3n) is 2.30. The van der Waals surface area contributed by atoms with Crippen molar-refractivity contribution in [2.24, 2.45) is 0 Å². The van der Waals surface area contributed by atoms with Crippen LogP contribution in [0.4, 0.5) is 0 Å². The zero-order valence-electron chi connectivity index (χ0n) is 11.3. The first-order valence-corrected chi connectivity index (χ1v) is 6.16. The van der Waals surface area contributed by atoms with Crippen molar-refractivity contribution in [2.75, 3.05) is 33.5 Å². The molecular formula is C12H25NO4. The van der Waals surface area contributed by atoms with Crippen molar-refractivity contribution in [2.45, 2.75) is 39.3 Å². The fraction of sp³-hybridized carbons (Fsp3) is 0.917. The van der Waals surface area contributed by atoms with Crippen LogP contribution in [-0.2, 0) is 19.0 Å². The average Bonchev–Trinajstić information content (AvgIpc) is 2.34. The highest BCUT2D eigenvalue weighted by Gasteiger charge is 2.17. The summed E-state index contributed by atoms with van der Waals surface area (Å²) in [6.07, 6.45) is 0.659. The molecule has 0 amide bonds. The van der Waals surface area contributed by atoms with Gasteiger partial charge in [-0.2, -0.15) is 0 Å². The van der Waals surface area contributed by atoms with Gasteiger partial charge in [-0.3, -0.25) is 4.79 Å². The largest absolute Gasteiger partial charge is 0.468 e. The van der Waals surface area contributed by atoms with Crippen LogP contribution in [0.25, 0.3) is 0 Å². The number of likely N-dealkylation sites (N-methyl/N-ethyl adjacent to an activating group) is 1. The molecule has 1 N–H and O–H groups in total. The fourth-order valence-electron chi connectivity index (χ4n) is 1.41. The Morgan fingerprint density at radius 3 is 2.59 bits per heavy atom. The first-order chi connectivity index (χ1) is 8.15. The summed E-state index contributed by atoms with van der Waals surface area (Å²) in [5, 5.41) is 3.06. The van der Waals surface area contributed by atoms with Crippen LogP contribution in [-0.4, -0.2) is 51.6 Å². The highest BCUT2D eigenvalue weighted by Crippen LogP contribution is 1.99. The number of carbonyl (C=O) groups is 1. The molecule has 0 aromatic rings. The molecule has 0 aromatic heterocycles. The average molecular weight is 247 g/mol. The van der Waals surface area contributed by atoms with E-state index in [1.807, 2.05) is 20.8 Å². The van der Waals surface area contributed by atoms with E-state index in [2.05, 4.69) is 5.32 Å². The van der Waals surface area contributed by atoms with Gasteiger partial charge in [0, 0.05) is 13.2 Å². The minimum Gasteiger partial charge on any atom is -0.468 e. The Kier molecular flexibility index (Phi) is 10.1. The molecule has 0 aliphatic carbocycles. The number of rotatable bonds is 10. The molecule has 0 saturated carbocycles. The molecule has 0 spiro atoms. The second-order valence-corrected chi connectivity index (χ2v) is 3.76. The summed E-state index contributed by atoms with van der Waals surface area (Å²) in [5.74, 6) is -0.243. The molecule has 0 saturated heterocycles. The smallest absolute Gasteiger partial charge is 0.322 e. The van der Waals surface area contributed by atoms with Crippen molar-refractivity contribution in [1.82, 2.24) is 5.32 Å². The van der Waals surface area contributed by atoms with Crippen molar-refractivity contribution in [3.63, 3.8) is 0 Å². The van der Waals surface area contributed by atoms with E-state index < -0.39 is 0 Å². The Balaban J connectivity index is 3.77. The van der Waals surface area contributed by atoms with E-state index in [1.54, 1.807) is 0 Å². The van der Waals surface area contributed by atoms with Gasteiger partial charge < -0.3 is 19.5 Å². The van der Waals surface area contributed by atoms with E-state index in [1.165, 1.54) is 7.11 Å². The van der Waals surface area contributed by atoms with Gasteiger partial charge in [-0.05, 0) is 26.8 Å². The lowest BCUT2D eigenvalue weighted by Gasteiger charge is -2.17. The van der Waals surface area contributed by atoms with Crippen LogP contribution in [0.15, 0.2) is 0 Å². The maximum Gasteiger partial charge on any atom is 0.322 e. The highest BCUT2D eigenvalue weighted by molar-refractivity contribution is 5.75.